The van der Waals surface area contributed by atoms with Crippen LogP contribution in [0.1, 0.15) is 27.7 Å². The Morgan fingerprint density at radius 1 is 1.11 bits per heavy atom. The second-order valence-electron chi connectivity index (χ2n) is 6.87. The number of fused-ring (bicyclic) bond motifs is 5. The SMILES string of the molecule is CC1=CP(C)(=S)[C@@H]2[C@@H]3C(C)=C(C)[C@H]([C@]12C)P3(C)=S. The first kappa shape index (κ1) is 13.7. The predicted octanol–water partition coefficient (Wildman–Crippen LogP) is 4.60. The van der Waals surface area contributed by atoms with Gasteiger partial charge in [-0.1, -0.05) is 53.1 Å². The van der Waals surface area contributed by atoms with Crippen LogP contribution in [0.2, 0.25) is 0 Å². The maximum Gasteiger partial charge on any atom is 0.0192 e. The van der Waals surface area contributed by atoms with E-state index in [4.69, 9.17) is 23.6 Å². The molecular formula is C14H22P2S2. The van der Waals surface area contributed by atoms with Gasteiger partial charge in [0.1, 0.15) is 0 Å². The Kier molecular flexibility index (Phi) is 2.68. The average Bonchev–Trinajstić information content (AvgIpc) is 2.57. The lowest BCUT2D eigenvalue weighted by atomic mass is 9.69. The van der Waals surface area contributed by atoms with Gasteiger partial charge in [-0.25, -0.2) is 0 Å². The summed E-state index contributed by atoms with van der Waals surface area (Å²) >= 11 is 12.2. The first-order valence-electron chi connectivity index (χ1n) is 6.57. The number of allylic oxidation sites excluding steroid dienone is 3. The molecule has 3 aliphatic rings. The highest BCUT2D eigenvalue weighted by Crippen LogP contribution is 2.85. The molecule has 0 aromatic rings. The molecule has 1 saturated heterocycles. The standard InChI is InChI=1S/C14H22P2S2/c1-8-7-15(5,17)13-11-9(2)10(3)12(14(8,13)4)16(11,6)18/h7,11-13H,1-6H3/t11-,12+,13+,14-,15?,16?/m0/s1. The van der Waals surface area contributed by atoms with Crippen LogP contribution in [0.4, 0.5) is 0 Å². The summed E-state index contributed by atoms with van der Waals surface area (Å²) in [6.45, 7) is 14.2. The van der Waals surface area contributed by atoms with E-state index in [1.165, 1.54) is 0 Å². The van der Waals surface area contributed by atoms with E-state index >= 15 is 0 Å². The van der Waals surface area contributed by atoms with E-state index in [1.807, 2.05) is 0 Å². The maximum absolute atomic E-state index is 6.17. The first-order chi connectivity index (χ1) is 8.06. The summed E-state index contributed by atoms with van der Waals surface area (Å²) in [5.41, 5.74) is 7.01. The van der Waals surface area contributed by atoms with Crippen molar-refractivity contribution >= 4 is 35.7 Å². The molecule has 0 aliphatic carbocycles. The van der Waals surface area contributed by atoms with Gasteiger partial charge in [0.25, 0.3) is 0 Å². The minimum absolute atomic E-state index is 0.294. The Morgan fingerprint density at radius 3 is 2.22 bits per heavy atom. The van der Waals surface area contributed by atoms with Crippen LogP contribution in [-0.2, 0) is 23.6 Å². The minimum Gasteiger partial charge on any atom is -0.0965 e. The van der Waals surface area contributed by atoms with Gasteiger partial charge in [-0.2, -0.15) is 0 Å². The van der Waals surface area contributed by atoms with E-state index in [-0.39, 0.29) is 0 Å². The van der Waals surface area contributed by atoms with Crippen molar-refractivity contribution in [2.24, 2.45) is 5.41 Å². The molecule has 0 aromatic heterocycles. The van der Waals surface area contributed by atoms with Crippen molar-refractivity contribution in [1.82, 2.24) is 0 Å². The number of hydrogen-bond donors (Lipinski definition) is 0. The fraction of sp³-hybridized carbons (Fsp3) is 0.714. The lowest BCUT2D eigenvalue weighted by Crippen LogP contribution is -2.40. The molecule has 3 aliphatic heterocycles. The van der Waals surface area contributed by atoms with Crippen molar-refractivity contribution in [3.63, 3.8) is 0 Å². The van der Waals surface area contributed by atoms with Crippen molar-refractivity contribution < 1.29 is 0 Å². The quantitative estimate of drug-likeness (QED) is 0.473. The molecule has 0 aromatic carbocycles. The zero-order valence-corrected chi connectivity index (χ0v) is 15.4. The highest BCUT2D eigenvalue weighted by atomic mass is 32.4. The van der Waals surface area contributed by atoms with Crippen LogP contribution in [-0.4, -0.2) is 30.3 Å². The molecule has 0 saturated carbocycles. The van der Waals surface area contributed by atoms with E-state index in [9.17, 15) is 0 Å². The zero-order chi connectivity index (χ0) is 13.7. The van der Waals surface area contributed by atoms with Crippen LogP contribution in [0.15, 0.2) is 22.5 Å². The van der Waals surface area contributed by atoms with E-state index in [2.05, 4.69) is 46.8 Å². The second-order valence-corrected chi connectivity index (χ2v) is 17.7. The van der Waals surface area contributed by atoms with Crippen LogP contribution in [0.5, 0.6) is 0 Å². The Labute approximate surface area is 121 Å². The fourth-order valence-electron chi connectivity index (χ4n) is 5.23. The molecule has 6 atom stereocenters. The van der Waals surface area contributed by atoms with Gasteiger partial charge in [0.05, 0.1) is 0 Å². The normalized spacial score (nSPS) is 58.1. The third-order valence-corrected chi connectivity index (χ3v) is 15.0. The Bertz CT molecular complexity index is 613. The van der Waals surface area contributed by atoms with Crippen LogP contribution in [0, 0.1) is 5.41 Å². The smallest absolute Gasteiger partial charge is 0.0192 e. The van der Waals surface area contributed by atoms with Crippen molar-refractivity contribution in [3.8, 4) is 0 Å². The fourth-order valence-corrected chi connectivity index (χ4v) is 19.0. The van der Waals surface area contributed by atoms with Gasteiger partial charge >= 0.3 is 0 Å². The van der Waals surface area contributed by atoms with Crippen LogP contribution in [0.25, 0.3) is 0 Å². The predicted molar refractivity (Wildman–Crippen MR) is 92.0 cm³/mol. The lowest BCUT2D eigenvalue weighted by Gasteiger charge is -2.40. The Morgan fingerprint density at radius 2 is 1.67 bits per heavy atom. The molecule has 3 heterocycles. The van der Waals surface area contributed by atoms with E-state index in [0.29, 0.717) is 22.4 Å². The highest BCUT2D eigenvalue weighted by Gasteiger charge is 2.68. The van der Waals surface area contributed by atoms with Crippen molar-refractivity contribution in [2.45, 2.75) is 44.7 Å². The van der Waals surface area contributed by atoms with Gasteiger partial charge in [0.15, 0.2) is 0 Å². The molecule has 2 unspecified atom stereocenters. The molecule has 0 radical (unpaired) electrons. The van der Waals surface area contributed by atoms with Crippen LogP contribution < -0.4 is 0 Å². The van der Waals surface area contributed by atoms with Crippen molar-refractivity contribution in [3.05, 3.63) is 22.5 Å². The Balaban J connectivity index is 2.35. The molecule has 3 rings (SSSR count). The average molecular weight is 316 g/mol. The summed E-state index contributed by atoms with van der Waals surface area (Å²) in [6.07, 6.45) is 0. The van der Waals surface area contributed by atoms with Crippen molar-refractivity contribution in [2.75, 3.05) is 13.3 Å². The van der Waals surface area contributed by atoms with E-state index in [0.717, 1.165) is 0 Å². The molecule has 18 heavy (non-hydrogen) atoms. The molecule has 100 valence electrons. The van der Waals surface area contributed by atoms with Gasteiger partial charge in [-0.3, -0.25) is 0 Å². The molecule has 0 spiro atoms. The zero-order valence-electron chi connectivity index (χ0n) is 12.0. The van der Waals surface area contributed by atoms with Crippen LogP contribution in [0.3, 0.4) is 0 Å². The highest BCUT2D eigenvalue weighted by molar-refractivity contribution is 8.18. The number of hydrogen-bond acceptors (Lipinski definition) is 2. The molecule has 0 amide bonds. The van der Waals surface area contributed by atoms with Crippen molar-refractivity contribution in [1.29, 1.82) is 0 Å². The maximum atomic E-state index is 6.17. The van der Waals surface area contributed by atoms with E-state index < -0.39 is 12.1 Å². The topological polar surface area (TPSA) is 0 Å². The third kappa shape index (κ3) is 1.25. The summed E-state index contributed by atoms with van der Waals surface area (Å²) in [7, 11) is 0. The molecule has 4 heteroatoms. The number of rotatable bonds is 0. The molecule has 1 fully saturated rings. The lowest BCUT2D eigenvalue weighted by molar-refractivity contribution is 0.399. The third-order valence-electron chi connectivity index (χ3n) is 5.87. The first-order valence-corrected chi connectivity index (χ1v) is 13.3. The molecule has 0 nitrogen and oxygen atoms in total. The monoisotopic (exact) mass is 316 g/mol. The minimum atomic E-state index is -1.36. The van der Waals surface area contributed by atoms with Gasteiger partial charge in [0.2, 0.25) is 0 Å². The van der Waals surface area contributed by atoms with Gasteiger partial charge < -0.3 is 0 Å². The summed E-state index contributed by atoms with van der Waals surface area (Å²) in [6, 6.07) is -2.66. The largest absolute Gasteiger partial charge is 0.0965 e. The van der Waals surface area contributed by atoms with Gasteiger partial charge in [-0.15, -0.1) is 0 Å². The summed E-state index contributed by atoms with van der Waals surface area (Å²) < 4.78 is 0. The summed E-state index contributed by atoms with van der Waals surface area (Å²) in [5.74, 6) is 2.47. The summed E-state index contributed by atoms with van der Waals surface area (Å²) in [4.78, 5) is 0. The summed E-state index contributed by atoms with van der Waals surface area (Å²) in [5, 5.41) is 0. The Hall–Kier alpha value is 0.780. The van der Waals surface area contributed by atoms with Crippen LogP contribution >= 0.6 is 12.1 Å². The van der Waals surface area contributed by atoms with Gasteiger partial charge in [-0.05, 0) is 46.2 Å². The second kappa shape index (κ2) is 3.51. The van der Waals surface area contributed by atoms with E-state index in [1.54, 1.807) is 16.7 Å². The molecule has 0 N–H and O–H groups in total. The van der Waals surface area contributed by atoms with Gasteiger partial charge in [0, 0.05) is 22.4 Å². The molecule has 2 bridgehead atoms. The molecular weight excluding hydrogens is 294 g/mol.